The topological polar surface area (TPSA) is 96.2 Å². The number of guanidine groups is 1. The van der Waals surface area contributed by atoms with Crippen molar-refractivity contribution in [3.8, 4) is 0 Å². The summed E-state index contributed by atoms with van der Waals surface area (Å²) in [6.07, 6.45) is 6.97. The van der Waals surface area contributed by atoms with Crippen LogP contribution in [0.4, 0.5) is 5.69 Å². The van der Waals surface area contributed by atoms with Gasteiger partial charge in [-0.15, -0.1) is 24.0 Å². The lowest BCUT2D eigenvalue weighted by Crippen LogP contribution is -2.41. The van der Waals surface area contributed by atoms with Crippen LogP contribution in [0.25, 0.3) is 0 Å². The average Bonchev–Trinajstić information content (AvgIpc) is 3.25. The third-order valence-corrected chi connectivity index (χ3v) is 4.12. The first-order valence-electron chi connectivity index (χ1n) is 9.51. The maximum Gasteiger partial charge on any atom is 0.243 e. The summed E-state index contributed by atoms with van der Waals surface area (Å²) >= 11 is 0. The van der Waals surface area contributed by atoms with Gasteiger partial charge in [0, 0.05) is 25.1 Å². The summed E-state index contributed by atoms with van der Waals surface area (Å²) in [6.45, 7) is 3.98. The Morgan fingerprint density at radius 1 is 1.07 bits per heavy atom. The van der Waals surface area contributed by atoms with Gasteiger partial charge in [-0.2, -0.15) is 5.10 Å². The van der Waals surface area contributed by atoms with Crippen LogP contribution in [0, 0.1) is 0 Å². The molecule has 30 heavy (non-hydrogen) atoms. The number of halogens is 1. The number of carbonyl (C=O) groups excluding carboxylic acids is 1. The van der Waals surface area contributed by atoms with Crippen molar-refractivity contribution >= 4 is 41.5 Å². The van der Waals surface area contributed by atoms with Gasteiger partial charge >= 0.3 is 0 Å². The molecule has 0 saturated carbocycles. The number of amides is 1. The fraction of sp³-hybridized carbons (Fsp3) is 0.238. The van der Waals surface area contributed by atoms with Crippen molar-refractivity contribution in [2.24, 2.45) is 4.99 Å². The highest BCUT2D eigenvalue weighted by Gasteiger charge is 2.06. The van der Waals surface area contributed by atoms with Crippen molar-refractivity contribution in [1.29, 1.82) is 0 Å². The molecular formula is C21H26IN7O. The molecule has 0 saturated heterocycles. The highest BCUT2D eigenvalue weighted by atomic mass is 127. The molecule has 0 bridgehead atoms. The summed E-state index contributed by atoms with van der Waals surface area (Å²) < 4.78 is 1.88. The van der Waals surface area contributed by atoms with Crippen molar-refractivity contribution < 1.29 is 4.79 Å². The van der Waals surface area contributed by atoms with Crippen LogP contribution in [0.5, 0.6) is 0 Å². The van der Waals surface area contributed by atoms with Crippen LogP contribution in [-0.4, -0.2) is 39.7 Å². The zero-order valence-electron chi connectivity index (χ0n) is 16.8. The van der Waals surface area contributed by atoms with Gasteiger partial charge < -0.3 is 16.0 Å². The summed E-state index contributed by atoms with van der Waals surface area (Å²) in [6, 6.07) is 13.6. The minimum Gasteiger partial charge on any atom is -0.357 e. The molecule has 0 atom stereocenters. The molecule has 158 valence electrons. The lowest BCUT2D eigenvalue weighted by atomic mass is 10.1. The maximum absolute atomic E-state index is 12.1. The molecule has 1 amide bonds. The second-order valence-corrected chi connectivity index (χ2v) is 6.31. The Kier molecular flexibility index (Phi) is 9.78. The number of carbonyl (C=O) groups is 1. The smallest absolute Gasteiger partial charge is 0.243 e. The molecule has 0 unspecified atom stereocenters. The van der Waals surface area contributed by atoms with Gasteiger partial charge in [-0.05, 0) is 36.2 Å². The van der Waals surface area contributed by atoms with Gasteiger partial charge in [0.25, 0.3) is 0 Å². The third-order valence-electron chi connectivity index (χ3n) is 4.12. The molecule has 3 N–H and O–H groups in total. The van der Waals surface area contributed by atoms with Gasteiger partial charge in [-0.3, -0.25) is 14.5 Å². The SMILES string of the molecule is CCNC(=NCc1ccccc1Cn1cccn1)NCC(=O)Nc1cccnc1.I. The van der Waals surface area contributed by atoms with Crippen LogP contribution in [0.15, 0.2) is 72.2 Å². The minimum absolute atomic E-state index is 0. The summed E-state index contributed by atoms with van der Waals surface area (Å²) in [5.74, 6) is 0.422. The van der Waals surface area contributed by atoms with Crippen molar-refractivity contribution in [2.75, 3.05) is 18.4 Å². The van der Waals surface area contributed by atoms with Gasteiger partial charge in [0.15, 0.2) is 5.96 Å². The zero-order chi connectivity index (χ0) is 20.3. The van der Waals surface area contributed by atoms with E-state index in [2.05, 4.69) is 43.2 Å². The van der Waals surface area contributed by atoms with Crippen LogP contribution in [-0.2, 0) is 17.9 Å². The number of benzene rings is 1. The molecule has 1 aromatic carbocycles. The highest BCUT2D eigenvalue weighted by Crippen LogP contribution is 2.11. The number of aliphatic imine (C=N–C) groups is 1. The molecule has 0 aliphatic rings. The first kappa shape index (κ1) is 23.3. The number of rotatable bonds is 8. The molecule has 3 aromatic rings. The molecule has 8 nitrogen and oxygen atoms in total. The van der Waals surface area contributed by atoms with E-state index >= 15 is 0 Å². The first-order chi connectivity index (χ1) is 14.2. The molecule has 2 heterocycles. The van der Waals surface area contributed by atoms with E-state index in [0.717, 1.165) is 11.1 Å². The molecule has 0 aliphatic heterocycles. The average molecular weight is 519 g/mol. The van der Waals surface area contributed by atoms with Crippen LogP contribution < -0.4 is 16.0 Å². The van der Waals surface area contributed by atoms with Gasteiger partial charge in [0.05, 0.1) is 31.5 Å². The Balaban J connectivity index is 0.00000320. The Morgan fingerprint density at radius 3 is 2.60 bits per heavy atom. The maximum atomic E-state index is 12.1. The van der Waals surface area contributed by atoms with Crippen molar-refractivity contribution in [1.82, 2.24) is 25.4 Å². The molecule has 3 rings (SSSR count). The number of hydrogen-bond donors (Lipinski definition) is 3. The van der Waals surface area contributed by atoms with E-state index < -0.39 is 0 Å². The summed E-state index contributed by atoms with van der Waals surface area (Å²) in [4.78, 5) is 20.7. The lowest BCUT2D eigenvalue weighted by molar-refractivity contribution is -0.115. The highest BCUT2D eigenvalue weighted by molar-refractivity contribution is 14.0. The Bertz CT molecular complexity index is 930. The fourth-order valence-electron chi connectivity index (χ4n) is 2.75. The van der Waals surface area contributed by atoms with Gasteiger partial charge in [0.2, 0.25) is 5.91 Å². The van der Waals surface area contributed by atoms with E-state index in [0.29, 0.717) is 31.3 Å². The number of hydrogen-bond acceptors (Lipinski definition) is 4. The quantitative estimate of drug-likeness (QED) is 0.242. The fourth-order valence-corrected chi connectivity index (χ4v) is 2.75. The molecular weight excluding hydrogens is 493 g/mol. The van der Waals surface area contributed by atoms with E-state index in [-0.39, 0.29) is 36.4 Å². The number of nitrogens with zero attached hydrogens (tertiary/aromatic N) is 4. The summed E-state index contributed by atoms with van der Waals surface area (Å²) in [7, 11) is 0. The van der Waals surface area contributed by atoms with E-state index in [9.17, 15) is 4.79 Å². The number of aromatic nitrogens is 3. The van der Waals surface area contributed by atoms with E-state index in [4.69, 9.17) is 0 Å². The van der Waals surface area contributed by atoms with Gasteiger partial charge in [-0.1, -0.05) is 24.3 Å². The molecule has 0 spiro atoms. The van der Waals surface area contributed by atoms with Crippen LogP contribution in [0.2, 0.25) is 0 Å². The van der Waals surface area contributed by atoms with Crippen LogP contribution >= 0.6 is 24.0 Å². The van der Waals surface area contributed by atoms with Crippen molar-refractivity contribution in [3.05, 3.63) is 78.4 Å². The summed E-state index contributed by atoms with van der Waals surface area (Å²) in [5.41, 5.74) is 2.93. The van der Waals surface area contributed by atoms with Crippen LogP contribution in [0.1, 0.15) is 18.1 Å². The second-order valence-electron chi connectivity index (χ2n) is 6.31. The number of pyridine rings is 1. The second kappa shape index (κ2) is 12.6. The normalized spacial score (nSPS) is 10.8. The third kappa shape index (κ3) is 7.47. The van der Waals surface area contributed by atoms with E-state index in [1.807, 2.05) is 36.0 Å². The van der Waals surface area contributed by atoms with Crippen molar-refractivity contribution in [2.45, 2.75) is 20.0 Å². The van der Waals surface area contributed by atoms with E-state index in [1.54, 1.807) is 30.7 Å². The molecule has 0 radical (unpaired) electrons. The number of nitrogens with one attached hydrogen (secondary N) is 3. The van der Waals surface area contributed by atoms with E-state index in [1.165, 1.54) is 0 Å². The molecule has 0 aliphatic carbocycles. The molecule has 9 heteroatoms. The van der Waals surface area contributed by atoms with Crippen molar-refractivity contribution in [3.63, 3.8) is 0 Å². The zero-order valence-corrected chi connectivity index (χ0v) is 19.1. The standard InChI is InChI=1S/C21H25N7O.HI/c1-2-23-21(25-15-20(29)27-19-9-5-10-22-14-19)24-13-17-7-3-4-8-18(17)16-28-12-6-11-26-28;/h3-12,14H,2,13,15-16H2,1H3,(H,27,29)(H2,23,24,25);1H. The Morgan fingerprint density at radius 2 is 1.90 bits per heavy atom. The van der Waals surface area contributed by atoms with Crippen LogP contribution in [0.3, 0.4) is 0 Å². The van der Waals surface area contributed by atoms with Gasteiger partial charge in [0.1, 0.15) is 0 Å². The number of anilines is 1. The Hall–Kier alpha value is -2.95. The largest absolute Gasteiger partial charge is 0.357 e. The summed E-state index contributed by atoms with van der Waals surface area (Å²) in [5, 5.41) is 13.3. The first-order valence-corrected chi connectivity index (χ1v) is 9.51. The Labute approximate surface area is 193 Å². The predicted molar refractivity (Wildman–Crippen MR) is 129 cm³/mol. The lowest BCUT2D eigenvalue weighted by Gasteiger charge is -2.13. The predicted octanol–water partition coefficient (Wildman–Crippen LogP) is 2.64. The minimum atomic E-state index is -0.164. The monoisotopic (exact) mass is 519 g/mol. The van der Waals surface area contributed by atoms with Gasteiger partial charge in [-0.25, -0.2) is 4.99 Å². The molecule has 2 aromatic heterocycles. The molecule has 0 fully saturated rings.